The summed E-state index contributed by atoms with van der Waals surface area (Å²) >= 11 is 0. The Bertz CT molecular complexity index is 740. The van der Waals surface area contributed by atoms with Gasteiger partial charge in [-0.2, -0.15) is 0 Å². The van der Waals surface area contributed by atoms with Crippen molar-refractivity contribution in [3.05, 3.63) is 23.8 Å². The maximum atomic E-state index is 12.2. The molecule has 1 saturated heterocycles. The third kappa shape index (κ3) is 4.76. The molecule has 1 aliphatic heterocycles. The van der Waals surface area contributed by atoms with Gasteiger partial charge >= 0.3 is 0 Å². The number of nitrogens with zero attached hydrogens (tertiary/aromatic N) is 1. The average molecular weight is 354 g/mol. The number of hydrogen-bond donors (Lipinski definition) is 3. The predicted molar refractivity (Wildman–Crippen MR) is 89.5 cm³/mol. The number of piperidine rings is 1. The van der Waals surface area contributed by atoms with Crippen molar-refractivity contribution in [1.29, 1.82) is 0 Å². The number of amides is 2. The number of carbonyl (C=O) groups is 2. The summed E-state index contributed by atoms with van der Waals surface area (Å²) in [5.74, 6) is -0.672. The molecule has 0 radical (unpaired) electrons. The van der Waals surface area contributed by atoms with Crippen molar-refractivity contribution in [2.45, 2.75) is 24.7 Å². The molecular weight excluding hydrogens is 332 g/mol. The summed E-state index contributed by atoms with van der Waals surface area (Å²) < 4.78 is 22.8. The zero-order valence-electron chi connectivity index (χ0n) is 13.5. The van der Waals surface area contributed by atoms with Gasteiger partial charge < -0.3 is 11.1 Å². The zero-order valence-corrected chi connectivity index (χ0v) is 14.3. The Morgan fingerprint density at radius 1 is 1.29 bits per heavy atom. The van der Waals surface area contributed by atoms with E-state index in [0.29, 0.717) is 31.6 Å². The molecule has 24 heavy (non-hydrogen) atoms. The van der Waals surface area contributed by atoms with Crippen molar-refractivity contribution < 1.29 is 18.0 Å². The van der Waals surface area contributed by atoms with E-state index in [4.69, 9.17) is 10.9 Å². The van der Waals surface area contributed by atoms with Crippen LogP contribution in [0.5, 0.6) is 0 Å². The summed E-state index contributed by atoms with van der Waals surface area (Å²) in [6, 6.07) is 4.34. The molecule has 8 nitrogen and oxygen atoms in total. The molecule has 0 aromatic heterocycles. The van der Waals surface area contributed by atoms with Gasteiger partial charge in [0.15, 0.2) is 0 Å². The van der Waals surface area contributed by atoms with Crippen LogP contribution in [-0.2, 0) is 19.6 Å². The van der Waals surface area contributed by atoms with Crippen LogP contribution >= 0.6 is 0 Å². The molecule has 1 heterocycles. The second-order valence-corrected chi connectivity index (χ2v) is 7.58. The van der Waals surface area contributed by atoms with Crippen LogP contribution in [0, 0.1) is 12.8 Å². The Kier molecular flexibility index (Phi) is 5.58. The number of primary sulfonamides is 1. The first kappa shape index (κ1) is 18.4. The number of nitrogens with two attached hydrogens (primary N) is 2. The van der Waals surface area contributed by atoms with E-state index in [1.54, 1.807) is 13.0 Å². The van der Waals surface area contributed by atoms with Crippen LogP contribution in [0.1, 0.15) is 18.4 Å². The summed E-state index contributed by atoms with van der Waals surface area (Å²) in [6.45, 7) is 3.18. The second kappa shape index (κ2) is 7.29. The van der Waals surface area contributed by atoms with Gasteiger partial charge in [0.25, 0.3) is 0 Å². The van der Waals surface area contributed by atoms with Crippen molar-refractivity contribution in [3.63, 3.8) is 0 Å². The molecule has 2 rings (SSSR count). The lowest BCUT2D eigenvalue weighted by atomic mass is 9.96. The Hall–Kier alpha value is -1.97. The van der Waals surface area contributed by atoms with Gasteiger partial charge in [-0.3, -0.25) is 14.5 Å². The van der Waals surface area contributed by atoms with Gasteiger partial charge in [0.05, 0.1) is 11.4 Å². The van der Waals surface area contributed by atoms with E-state index in [-0.39, 0.29) is 29.2 Å². The molecule has 0 saturated carbocycles. The number of rotatable bonds is 5. The van der Waals surface area contributed by atoms with Gasteiger partial charge in [0.1, 0.15) is 0 Å². The van der Waals surface area contributed by atoms with E-state index in [9.17, 15) is 18.0 Å². The van der Waals surface area contributed by atoms with E-state index < -0.39 is 10.0 Å². The van der Waals surface area contributed by atoms with Gasteiger partial charge in [-0.05, 0) is 50.6 Å². The first-order valence-electron chi connectivity index (χ1n) is 7.62. The van der Waals surface area contributed by atoms with Gasteiger partial charge in [0.2, 0.25) is 21.8 Å². The largest absolute Gasteiger partial charge is 0.369 e. The van der Waals surface area contributed by atoms with Crippen molar-refractivity contribution in [3.8, 4) is 0 Å². The van der Waals surface area contributed by atoms with Crippen LogP contribution in [0.4, 0.5) is 5.69 Å². The molecule has 0 unspecified atom stereocenters. The van der Waals surface area contributed by atoms with E-state index in [2.05, 4.69) is 5.32 Å². The summed E-state index contributed by atoms with van der Waals surface area (Å²) in [4.78, 5) is 25.2. The fraction of sp³-hybridized carbons (Fsp3) is 0.467. The summed E-state index contributed by atoms with van der Waals surface area (Å²) in [7, 11) is -3.82. The molecule has 0 atom stereocenters. The number of nitrogens with one attached hydrogen (secondary N) is 1. The smallest absolute Gasteiger partial charge is 0.238 e. The minimum absolute atomic E-state index is 0.0503. The first-order valence-corrected chi connectivity index (χ1v) is 9.16. The molecule has 2 amide bonds. The van der Waals surface area contributed by atoms with Gasteiger partial charge in [-0.15, -0.1) is 0 Å². The molecule has 5 N–H and O–H groups in total. The van der Waals surface area contributed by atoms with Crippen molar-refractivity contribution in [2.75, 3.05) is 25.0 Å². The molecule has 9 heteroatoms. The van der Waals surface area contributed by atoms with E-state index in [1.807, 2.05) is 4.90 Å². The third-order valence-electron chi connectivity index (χ3n) is 4.17. The minimum atomic E-state index is -3.82. The normalized spacial score (nSPS) is 16.8. The molecule has 1 aromatic carbocycles. The molecule has 0 spiro atoms. The van der Waals surface area contributed by atoms with Gasteiger partial charge in [0, 0.05) is 11.6 Å². The summed E-state index contributed by atoms with van der Waals surface area (Å²) in [5, 5.41) is 7.82. The van der Waals surface area contributed by atoms with E-state index in [1.165, 1.54) is 12.1 Å². The zero-order chi connectivity index (χ0) is 17.9. The number of carbonyl (C=O) groups excluding carboxylic acids is 2. The number of anilines is 1. The highest BCUT2D eigenvalue weighted by Gasteiger charge is 2.24. The highest BCUT2D eigenvalue weighted by atomic mass is 32.2. The minimum Gasteiger partial charge on any atom is -0.369 e. The average Bonchev–Trinajstić information content (AvgIpc) is 2.48. The van der Waals surface area contributed by atoms with Crippen LogP contribution in [0.15, 0.2) is 23.1 Å². The third-order valence-corrected chi connectivity index (χ3v) is 5.08. The van der Waals surface area contributed by atoms with Crippen LogP contribution in [0.25, 0.3) is 0 Å². The monoisotopic (exact) mass is 354 g/mol. The lowest BCUT2D eigenvalue weighted by Gasteiger charge is -2.29. The van der Waals surface area contributed by atoms with E-state index in [0.717, 1.165) is 5.56 Å². The number of benzene rings is 1. The number of aryl methyl sites for hydroxylation is 1. The Morgan fingerprint density at radius 2 is 1.92 bits per heavy atom. The molecule has 132 valence electrons. The quantitative estimate of drug-likeness (QED) is 0.671. The Labute approximate surface area is 141 Å². The van der Waals surface area contributed by atoms with Gasteiger partial charge in [-0.25, -0.2) is 13.6 Å². The van der Waals surface area contributed by atoms with E-state index >= 15 is 0 Å². The number of primary amides is 1. The van der Waals surface area contributed by atoms with Crippen molar-refractivity contribution in [1.82, 2.24) is 4.90 Å². The number of hydrogen-bond acceptors (Lipinski definition) is 5. The van der Waals surface area contributed by atoms with Crippen LogP contribution < -0.4 is 16.2 Å². The highest BCUT2D eigenvalue weighted by Crippen LogP contribution is 2.20. The maximum absolute atomic E-state index is 12.2. The van der Waals surface area contributed by atoms with Crippen LogP contribution in [0.3, 0.4) is 0 Å². The summed E-state index contributed by atoms with van der Waals surface area (Å²) in [5.41, 5.74) is 6.44. The lowest BCUT2D eigenvalue weighted by Crippen LogP contribution is -2.42. The van der Waals surface area contributed by atoms with Crippen molar-refractivity contribution >= 4 is 27.5 Å². The number of sulfonamides is 1. The Balaban J connectivity index is 1.97. The fourth-order valence-corrected chi connectivity index (χ4v) is 3.22. The standard InChI is InChI=1S/C15H22N4O4S/c1-10-2-3-12(24(17,22)23)8-13(10)18-14(20)9-19-6-4-11(5-7-19)15(16)21/h2-3,8,11H,4-7,9H2,1H3,(H2,16,21)(H,18,20)(H2,17,22,23). The van der Waals surface area contributed by atoms with Crippen LogP contribution in [0.2, 0.25) is 0 Å². The SMILES string of the molecule is Cc1ccc(S(N)(=O)=O)cc1NC(=O)CN1CCC(C(N)=O)CC1. The molecule has 0 aliphatic carbocycles. The molecule has 1 fully saturated rings. The molecule has 1 aliphatic rings. The Morgan fingerprint density at radius 3 is 2.46 bits per heavy atom. The second-order valence-electron chi connectivity index (χ2n) is 6.02. The molecule has 0 bridgehead atoms. The maximum Gasteiger partial charge on any atom is 0.238 e. The highest BCUT2D eigenvalue weighted by molar-refractivity contribution is 7.89. The number of likely N-dealkylation sites (tertiary alicyclic amines) is 1. The fourth-order valence-electron chi connectivity index (χ4n) is 2.68. The summed E-state index contributed by atoms with van der Waals surface area (Å²) in [6.07, 6.45) is 1.28. The van der Waals surface area contributed by atoms with Gasteiger partial charge in [-0.1, -0.05) is 6.07 Å². The van der Waals surface area contributed by atoms with Crippen LogP contribution in [-0.4, -0.2) is 44.8 Å². The predicted octanol–water partition coefficient (Wildman–Crippen LogP) is -0.222. The molecule has 1 aromatic rings. The first-order chi connectivity index (χ1) is 11.2. The lowest BCUT2D eigenvalue weighted by molar-refractivity contribution is -0.123. The molecular formula is C15H22N4O4S. The van der Waals surface area contributed by atoms with Crippen molar-refractivity contribution in [2.24, 2.45) is 16.8 Å². The topological polar surface area (TPSA) is 136 Å².